The van der Waals surface area contributed by atoms with Crippen LogP contribution in [0.25, 0.3) is 5.69 Å². The second-order valence-electron chi connectivity index (χ2n) is 6.89. The molecule has 0 fully saturated rings. The lowest BCUT2D eigenvalue weighted by atomic mass is 10.1. The van der Waals surface area contributed by atoms with Gasteiger partial charge in [0.25, 0.3) is 17.4 Å². The third-order valence-electron chi connectivity index (χ3n) is 4.78. The fourth-order valence-electron chi connectivity index (χ4n) is 3.31. The van der Waals surface area contributed by atoms with E-state index in [1.165, 1.54) is 18.2 Å². The van der Waals surface area contributed by atoms with Crippen molar-refractivity contribution >= 4 is 23.7 Å². The summed E-state index contributed by atoms with van der Waals surface area (Å²) in [4.78, 5) is 54.3. The summed E-state index contributed by atoms with van der Waals surface area (Å²) in [6.45, 7) is 3.68. The number of nitrogens with zero attached hydrogens (tertiary/aromatic N) is 2. The van der Waals surface area contributed by atoms with Crippen LogP contribution in [-0.4, -0.2) is 32.7 Å². The molecule has 30 heavy (non-hydrogen) atoms. The predicted octanol–water partition coefficient (Wildman–Crippen LogP) is 1.48. The highest BCUT2D eigenvalue weighted by molar-refractivity contribution is 6.21. The Hall–Kier alpha value is -4.27. The third-order valence-corrected chi connectivity index (χ3v) is 4.78. The summed E-state index contributed by atoms with van der Waals surface area (Å²) in [6, 6.07) is 9.64. The fraction of sp³-hybridized carbons (Fsp3) is 0.0952. The van der Waals surface area contributed by atoms with Gasteiger partial charge in [-0.2, -0.15) is 0 Å². The van der Waals surface area contributed by atoms with Crippen LogP contribution in [-0.2, 0) is 0 Å². The zero-order valence-electron chi connectivity index (χ0n) is 16.0. The van der Waals surface area contributed by atoms with Crippen molar-refractivity contribution in [1.82, 2.24) is 14.9 Å². The molecule has 0 unspecified atom stereocenters. The van der Waals surface area contributed by atoms with Crippen molar-refractivity contribution in [2.45, 2.75) is 13.8 Å². The number of nitrogens with one attached hydrogen (secondary N) is 2. The van der Waals surface area contributed by atoms with Crippen molar-refractivity contribution in [3.8, 4) is 11.6 Å². The Labute approximate surface area is 169 Å². The molecule has 0 radical (unpaired) electrons. The van der Waals surface area contributed by atoms with Gasteiger partial charge in [-0.1, -0.05) is 17.7 Å². The van der Waals surface area contributed by atoms with Gasteiger partial charge in [0.15, 0.2) is 0 Å². The van der Waals surface area contributed by atoms with E-state index in [-0.39, 0.29) is 16.7 Å². The van der Waals surface area contributed by atoms with E-state index in [2.05, 4.69) is 15.3 Å². The van der Waals surface area contributed by atoms with Crippen LogP contribution in [0.1, 0.15) is 37.4 Å². The number of hydrogen-bond donors (Lipinski definition) is 3. The molecule has 3 N–H and O–H groups in total. The van der Waals surface area contributed by atoms with Crippen LogP contribution in [0.5, 0.6) is 5.88 Å². The fourth-order valence-corrected chi connectivity index (χ4v) is 3.31. The summed E-state index contributed by atoms with van der Waals surface area (Å²) in [5.41, 5.74) is 1.02. The normalized spacial score (nSPS) is 13.0. The van der Waals surface area contributed by atoms with E-state index >= 15 is 0 Å². The quantitative estimate of drug-likeness (QED) is 0.449. The number of benzene rings is 2. The number of aryl methyl sites for hydroxylation is 2. The number of H-pyrrole nitrogens is 1. The largest absolute Gasteiger partial charge is 0.493 e. The van der Waals surface area contributed by atoms with E-state index < -0.39 is 28.9 Å². The number of rotatable bonds is 3. The lowest BCUT2D eigenvalue weighted by molar-refractivity contribution is 0.0879. The smallest absolute Gasteiger partial charge is 0.335 e. The number of carbonyl (C=O) groups excluding carboxylic acids is 2. The van der Waals surface area contributed by atoms with Gasteiger partial charge < -0.3 is 5.11 Å². The summed E-state index contributed by atoms with van der Waals surface area (Å²) in [7, 11) is 0. The third kappa shape index (κ3) is 3.12. The van der Waals surface area contributed by atoms with Gasteiger partial charge in [-0.25, -0.2) is 9.36 Å². The molecule has 1 aliphatic heterocycles. The molecule has 150 valence electrons. The SMILES string of the molecule is Cc1ccc(-n2c(O)c(C=Nc3ccc4c(c3)C(=O)NC4=O)c(=O)[nH]c2=O)c(C)c1. The zero-order valence-corrected chi connectivity index (χ0v) is 16.0. The molecular formula is C21H16N4O5. The highest BCUT2D eigenvalue weighted by atomic mass is 16.3. The second kappa shape index (κ2) is 6.96. The molecule has 1 aromatic heterocycles. The van der Waals surface area contributed by atoms with Gasteiger partial charge in [0.2, 0.25) is 5.88 Å². The number of aromatic hydroxyl groups is 1. The summed E-state index contributed by atoms with van der Waals surface area (Å²) in [5, 5.41) is 12.8. The minimum atomic E-state index is -0.809. The predicted molar refractivity (Wildman–Crippen MR) is 109 cm³/mol. The monoisotopic (exact) mass is 404 g/mol. The Kier molecular flexibility index (Phi) is 4.42. The van der Waals surface area contributed by atoms with Crippen LogP contribution in [0.3, 0.4) is 0 Å². The molecule has 4 rings (SSSR count). The molecular weight excluding hydrogens is 388 g/mol. The molecule has 3 aromatic rings. The molecule has 2 amide bonds. The van der Waals surface area contributed by atoms with Crippen molar-refractivity contribution in [2.24, 2.45) is 4.99 Å². The summed E-state index contributed by atoms with van der Waals surface area (Å²) < 4.78 is 0.992. The molecule has 9 heteroatoms. The highest BCUT2D eigenvalue weighted by Crippen LogP contribution is 2.23. The molecule has 2 aromatic carbocycles. The summed E-state index contributed by atoms with van der Waals surface area (Å²) in [5.74, 6) is -1.58. The maximum Gasteiger partial charge on any atom is 0.335 e. The van der Waals surface area contributed by atoms with Crippen LogP contribution < -0.4 is 16.6 Å². The molecule has 0 aliphatic carbocycles. The van der Waals surface area contributed by atoms with Gasteiger partial charge in [-0.3, -0.25) is 29.7 Å². The minimum Gasteiger partial charge on any atom is -0.493 e. The van der Waals surface area contributed by atoms with Crippen molar-refractivity contribution in [1.29, 1.82) is 0 Å². The number of aromatic nitrogens is 2. The Bertz CT molecular complexity index is 1380. The Morgan fingerprint density at radius 1 is 0.967 bits per heavy atom. The number of carbonyl (C=O) groups is 2. The lowest BCUT2D eigenvalue weighted by Crippen LogP contribution is -2.31. The molecule has 0 atom stereocenters. The Balaban J connectivity index is 1.80. The van der Waals surface area contributed by atoms with E-state index in [1.54, 1.807) is 19.1 Å². The summed E-state index contributed by atoms with van der Waals surface area (Å²) in [6.07, 6.45) is 1.10. The first kappa shape index (κ1) is 19.1. The van der Waals surface area contributed by atoms with E-state index in [1.807, 2.05) is 13.0 Å². The average molecular weight is 404 g/mol. The molecule has 0 bridgehead atoms. The van der Waals surface area contributed by atoms with Gasteiger partial charge in [-0.15, -0.1) is 0 Å². The number of aliphatic imine (C=N–C) groups is 1. The number of hydrogen-bond acceptors (Lipinski definition) is 6. The number of fused-ring (bicyclic) bond motifs is 1. The van der Waals surface area contributed by atoms with Gasteiger partial charge in [-0.05, 0) is 43.7 Å². The minimum absolute atomic E-state index is 0.174. The number of aromatic amines is 1. The van der Waals surface area contributed by atoms with Crippen molar-refractivity contribution in [3.05, 3.63) is 85.1 Å². The van der Waals surface area contributed by atoms with Crippen LogP contribution >= 0.6 is 0 Å². The van der Waals surface area contributed by atoms with Crippen LogP contribution in [0.15, 0.2) is 51.0 Å². The molecule has 1 aliphatic rings. The standard InChI is InChI=1S/C21H16N4O5/c1-10-3-6-16(11(2)7-10)25-20(29)15(19(28)24-21(25)30)9-22-12-4-5-13-14(8-12)18(27)23-17(13)26/h3-9,29H,1-2H3,(H,23,26,27)(H,24,28,30). The van der Waals surface area contributed by atoms with E-state index in [0.717, 1.165) is 21.9 Å². The van der Waals surface area contributed by atoms with Crippen molar-refractivity contribution < 1.29 is 14.7 Å². The maximum absolute atomic E-state index is 12.3. The van der Waals surface area contributed by atoms with Crippen LogP contribution in [0.2, 0.25) is 0 Å². The lowest BCUT2D eigenvalue weighted by Gasteiger charge is -2.12. The molecule has 0 saturated carbocycles. The Morgan fingerprint density at radius 2 is 1.70 bits per heavy atom. The molecule has 0 spiro atoms. The molecule has 0 saturated heterocycles. The van der Waals surface area contributed by atoms with Gasteiger partial charge in [0.05, 0.1) is 22.5 Å². The molecule has 9 nitrogen and oxygen atoms in total. The topological polar surface area (TPSA) is 134 Å². The van der Waals surface area contributed by atoms with Crippen LogP contribution in [0.4, 0.5) is 5.69 Å². The van der Waals surface area contributed by atoms with E-state index in [0.29, 0.717) is 11.4 Å². The van der Waals surface area contributed by atoms with Crippen molar-refractivity contribution in [2.75, 3.05) is 0 Å². The maximum atomic E-state index is 12.3. The Morgan fingerprint density at radius 3 is 2.43 bits per heavy atom. The van der Waals surface area contributed by atoms with E-state index in [9.17, 15) is 24.3 Å². The van der Waals surface area contributed by atoms with Crippen molar-refractivity contribution in [3.63, 3.8) is 0 Å². The van der Waals surface area contributed by atoms with E-state index in [4.69, 9.17) is 0 Å². The number of amides is 2. The zero-order chi connectivity index (χ0) is 21.6. The van der Waals surface area contributed by atoms with Crippen LogP contribution in [0, 0.1) is 13.8 Å². The van der Waals surface area contributed by atoms with Gasteiger partial charge in [0, 0.05) is 6.21 Å². The first-order valence-corrected chi connectivity index (χ1v) is 8.96. The summed E-state index contributed by atoms with van der Waals surface area (Å²) >= 11 is 0. The second-order valence-corrected chi connectivity index (χ2v) is 6.89. The molecule has 2 heterocycles. The van der Waals surface area contributed by atoms with Gasteiger partial charge >= 0.3 is 5.69 Å². The average Bonchev–Trinajstić information content (AvgIpc) is 2.96. The van der Waals surface area contributed by atoms with Gasteiger partial charge in [0.1, 0.15) is 5.56 Å². The first-order chi connectivity index (χ1) is 14.3. The number of imide groups is 1. The first-order valence-electron chi connectivity index (χ1n) is 8.96. The highest BCUT2D eigenvalue weighted by Gasteiger charge is 2.26.